The third-order valence-corrected chi connectivity index (χ3v) is 3.38. The maximum Gasteiger partial charge on any atom is 0.326 e. The molecule has 0 bridgehead atoms. The summed E-state index contributed by atoms with van der Waals surface area (Å²) in [6.07, 6.45) is 5.53. The maximum atomic E-state index is 12.1. The fourth-order valence-electron chi connectivity index (χ4n) is 2.27. The van der Waals surface area contributed by atoms with Crippen LogP contribution in [0.25, 0.3) is 0 Å². The number of hydrogen-bond acceptors (Lipinski definition) is 2. The van der Waals surface area contributed by atoms with E-state index in [4.69, 9.17) is 6.42 Å². The number of carbonyl (C=O) groups excluding carboxylic acids is 1. The normalized spacial score (nSPS) is 18.6. The number of amides is 2. The molecule has 2 rings (SSSR count). The first-order valence-corrected chi connectivity index (χ1v) is 6.35. The Morgan fingerprint density at radius 2 is 2.10 bits per heavy atom. The molecule has 0 radical (unpaired) electrons. The fraction of sp³-hybridized carbons (Fsp3) is 0.333. The molecule has 0 aliphatic carbocycles. The van der Waals surface area contributed by atoms with Gasteiger partial charge in [0.2, 0.25) is 0 Å². The molecule has 1 heterocycles. The van der Waals surface area contributed by atoms with Gasteiger partial charge in [0.15, 0.2) is 0 Å². The van der Waals surface area contributed by atoms with Crippen LogP contribution in [0.5, 0.6) is 0 Å². The zero-order valence-corrected chi connectivity index (χ0v) is 11.2. The van der Waals surface area contributed by atoms with Gasteiger partial charge < -0.3 is 15.3 Å². The lowest BCUT2D eigenvalue weighted by Gasteiger charge is -2.34. The molecule has 104 valence electrons. The number of nitrogens with one attached hydrogen (secondary N) is 1. The third-order valence-electron chi connectivity index (χ3n) is 3.38. The topological polar surface area (TPSA) is 69.6 Å². The molecule has 2 N–H and O–H groups in total. The van der Waals surface area contributed by atoms with Crippen LogP contribution < -0.4 is 5.32 Å². The molecule has 0 saturated heterocycles. The largest absolute Gasteiger partial charge is 0.480 e. The number of carbonyl (C=O) groups is 2. The van der Waals surface area contributed by atoms with Crippen molar-refractivity contribution in [1.29, 1.82) is 0 Å². The summed E-state index contributed by atoms with van der Waals surface area (Å²) < 4.78 is 0. The predicted octanol–water partition coefficient (Wildman–Crippen LogP) is 1.23. The molecule has 1 aliphatic rings. The Labute approximate surface area is 117 Å². The molecule has 0 aromatic heterocycles. The zero-order valence-electron chi connectivity index (χ0n) is 11.2. The van der Waals surface area contributed by atoms with Gasteiger partial charge in [0.05, 0.1) is 6.04 Å². The van der Waals surface area contributed by atoms with E-state index < -0.39 is 24.1 Å². The minimum Gasteiger partial charge on any atom is -0.480 e. The highest BCUT2D eigenvalue weighted by molar-refractivity contribution is 5.84. The second-order valence-electron chi connectivity index (χ2n) is 4.79. The van der Waals surface area contributed by atoms with Crippen molar-refractivity contribution in [2.75, 3.05) is 0 Å². The molecule has 1 aliphatic heterocycles. The Kier molecular flexibility index (Phi) is 3.94. The average Bonchev–Trinajstić information content (AvgIpc) is 2.45. The first kappa shape index (κ1) is 13.9. The van der Waals surface area contributed by atoms with E-state index in [9.17, 15) is 14.7 Å². The summed E-state index contributed by atoms with van der Waals surface area (Å²) in [6.45, 7) is 1.95. The Hall–Kier alpha value is -2.48. The second kappa shape index (κ2) is 5.66. The van der Waals surface area contributed by atoms with Crippen LogP contribution in [0.1, 0.15) is 18.1 Å². The molecular weight excluding hydrogens is 256 g/mol. The van der Waals surface area contributed by atoms with Crippen LogP contribution in [0, 0.1) is 12.3 Å². The Morgan fingerprint density at radius 1 is 1.45 bits per heavy atom. The van der Waals surface area contributed by atoms with Gasteiger partial charge in [-0.15, -0.1) is 6.42 Å². The average molecular weight is 272 g/mol. The molecule has 1 aromatic rings. The molecule has 2 amide bonds. The monoisotopic (exact) mass is 272 g/mol. The van der Waals surface area contributed by atoms with Gasteiger partial charge in [-0.05, 0) is 18.1 Å². The molecular formula is C15H16N2O3. The van der Waals surface area contributed by atoms with Gasteiger partial charge >= 0.3 is 12.0 Å². The van der Waals surface area contributed by atoms with Crippen LogP contribution >= 0.6 is 0 Å². The van der Waals surface area contributed by atoms with Gasteiger partial charge in [0.1, 0.15) is 6.04 Å². The number of hydrogen-bond donors (Lipinski definition) is 2. The van der Waals surface area contributed by atoms with Crippen molar-refractivity contribution in [3.8, 4) is 12.3 Å². The van der Waals surface area contributed by atoms with Gasteiger partial charge in [0, 0.05) is 13.0 Å². The van der Waals surface area contributed by atoms with Gasteiger partial charge in [-0.3, -0.25) is 0 Å². The number of aliphatic carboxylic acids is 1. The quantitative estimate of drug-likeness (QED) is 0.796. The second-order valence-corrected chi connectivity index (χ2v) is 4.79. The highest BCUT2D eigenvalue weighted by Crippen LogP contribution is 2.23. The summed E-state index contributed by atoms with van der Waals surface area (Å²) >= 11 is 0. The van der Waals surface area contributed by atoms with Gasteiger partial charge in [-0.1, -0.05) is 30.2 Å². The van der Waals surface area contributed by atoms with Crippen molar-refractivity contribution in [2.24, 2.45) is 0 Å². The number of fused-ring (bicyclic) bond motifs is 1. The number of carboxylic acid groups (broad SMARTS) is 1. The van der Waals surface area contributed by atoms with E-state index in [1.807, 2.05) is 24.3 Å². The van der Waals surface area contributed by atoms with Crippen LogP contribution in [0.2, 0.25) is 0 Å². The molecule has 1 aromatic carbocycles. The van der Waals surface area contributed by atoms with E-state index in [1.165, 1.54) is 4.90 Å². The fourth-order valence-corrected chi connectivity index (χ4v) is 2.27. The summed E-state index contributed by atoms with van der Waals surface area (Å²) in [5, 5.41) is 11.9. The van der Waals surface area contributed by atoms with E-state index in [2.05, 4.69) is 11.2 Å². The Morgan fingerprint density at radius 3 is 2.70 bits per heavy atom. The van der Waals surface area contributed by atoms with E-state index >= 15 is 0 Å². The van der Waals surface area contributed by atoms with Crippen molar-refractivity contribution >= 4 is 12.0 Å². The minimum atomic E-state index is -1.01. The lowest BCUT2D eigenvalue weighted by Crippen LogP contribution is -2.53. The van der Waals surface area contributed by atoms with Gasteiger partial charge in [-0.25, -0.2) is 9.59 Å². The highest BCUT2D eigenvalue weighted by Gasteiger charge is 2.34. The number of nitrogens with zero attached hydrogens (tertiary/aromatic N) is 1. The summed E-state index contributed by atoms with van der Waals surface area (Å²) in [7, 11) is 0. The molecule has 0 saturated carbocycles. The Bertz CT molecular complexity index is 577. The van der Waals surface area contributed by atoms with Crippen LogP contribution in [-0.2, 0) is 17.8 Å². The third kappa shape index (κ3) is 2.75. The van der Waals surface area contributed by atoms with Crippen LogP contribution in [-0.4, -0.2) is 34.1 Å². The molecule has 5 nitrogen and oxygen atoms in total. The van der Waals surface area contributed by atoms with E-state index in [1.54, 1.807) is 6.92 Å². The lowest BCUT2D eigenvalue weighted by atomic mass is 9.94. The van der Waals surface area contributed by atoms with Crippen molar-refractivity contribution < 1.29 is 14.7 Å². The van der Waals surface area contributed by atoms with E-state index in [-0.39, 0.29) is 6.54 Å². The molecule has 1 unspecified atom stereocenters. The van der Waals surface area contributed by atoms with Gasteiger partial charge in [0.25, 0.3) is 0 Å². The number of urea groups is 1. The van der Waals surface area contributed by atoms with Crippen LogP contribution in [0.3, 0.4) is 0 Å². The lowest BCUT2D eigenvalue weighted by molar-refractivity contribution is -0.142. The van der Waals surface area contributed by atoms with E-state index in [0.717, 1.165) is 11.1 Å². The summed E-state index contributed by atoms with van der Waals surface area (Å²) in [4.78, 5) is 24.8. The summed E-state index contributed by atoms with van der Waals surface area (Å²) in [5.74, 6) is 1.38. The molecule has 0 spiro atoms. The van der Waals surface area contributed by atoms with Gasteiger partial charge in [-0.2, -0.15) is 0 Å². The molecule has 0 fully saturated rings. The molecule has 5 heteroatoms. The van der Waals surface area contributed by atoms with Crippen LogP contribution in [0.4, 0.5) is 4.79 Å². The Balaban J connectivity index is 2.25. The zero-order chi connectivity index (χ0) is 14.7. The first-order valence-electron chi connectivity index (χ1n) is 6.35. The number of benzene rings is 1. The summed E-state index contributed by atoms with van der Waals surface area (Å²) in [6, 6.07) is 5.79. The van der Waals surface area contributed by atoms with Crippen molar-refractivity contribution in [3.05, 3.63) is 35.4 Å². The molecule has 20 heavy (non-hydrogen) atoms. The number of terminal acetylenes is 1. The van der Waals surface area contributed by atoms with Crippen molar-refractivity contribution in [2.45, 2.75) is 32.0 Å². The first-order chi connectivity index (χ1) is 9.52. The van der Waals surface area contributed by atoms with E-state index in [0.29, 0.717) is 6.42 Å². The minimum absolute atomic E-state index is 0.274. The SMILES string of the molecule is C#CC(C)NC(=O)N1Cc2ccccc2C[C@H]1C(=O)O. The molecule has 2 atom stereocenters. The number of rotatable bonds is 2. The van der Waals surface area contributed by atoms with Crippen LogP contribution in [0.15, 0.2) is 24.3 Å². The number of carboxylic acids is 1. The standard InChI is InChI=1S/C15H16N2O3/c1-3-10(2)16-15(20)17-9-12-7-5-4-6-11(12)8-13(17)14(18)19/h1,4-7,10,13H,8-9H2,2H3,(H,16,20)(H,18,19)/t10?,13-/m0/s1. The van der Waals surface area contributed by atoms with Crippen molar-refractivity contribution in [1.82, 2.24) is 10.2 Å². The smallest absolute Gasteiger partial charge is 0.326 e. The summed E-state index contributed by atoms with van der Waals surface area (Å²) in [5.41, 5.74) is 1.93. The highest BCUT2D eigenvalue weighted by atomic mass is 16.4. The van der Waals surface area contributed by atoms with Crippen molar-refractivity contribution in [3.63, 3.8) is 0 Å². The maximum absolute atomic E-state index is 12.1. The predicted molar refractivity (Wildman–Crippen MR) is 73.9 cm³/mol.